The molecule has 3 aromatic rings. The van der Waals surface area contributed by atoms with Gasteiger partial charge < -0.3 is 19.8 Å². The van der Waals surface area contributed by atoms with E-state index < -0.39 is 0 Å². The van der Waals surface area contributed by atoms with Crippen LogP contribution in [0.2, 0.25) is 0 Å². The Balaban J connectivity index is 1.60. The van der Waals surface area contributed by atoms with E-state index in [4.69, 9.17) is 4.74 Å². The van der Waals surface area contributed by atoms with Gasteiger partial charge in [-0.25, -0.2) is 4.98 Å². The molecule has 1 aromatic carbocycles. The molecule has 6 nitrogen and oxygen atoms in total. The molecule has 0 amide bonds. The lowest BCUT2D eigenvalue weighted by Gasteiger charge is -2.13. The molecule has 2 heterocycles. The predicted octanol–water partition coefficient (Wildman–Crippen LogP) is 2.97. The number of nitrogens with one attached hydrogen (secondary N) is 2. The van der Waals surface area contributed by atoms with Gasteiger partial charge in [0.05, 0.1) is 19.3 Å². The number of halogens is 1. The van der Waals surface area contributed by atoms with Gasteiger partial charge in [0.25, 0.3) is 0 Å². The summed E-state index contributed by atoms with van der Waals surface area (Å²) in [6, 6.07) is 11.9. The fraction of sp³-hybridized carbons (Fsp3) is 0.222. The quantitative estimate of drug-likeness (QED) is 0.509. The number of fused-ring (bicyclic) bond motifs is 1. The summed E-state index contributed by atoms with van der Waals surface area (Å²) in [6.45, 7) is 1.21. The first kappa shape index (κ1) is 17.3. The molecule has 0 fully saturated rings. The van der Waals surface area contributed by atoms with E-state index in [1.807, 2.05) is 53.2 Å². The zero-order valence-electron chi connectivity index (χ0n) is 14.2. The number of guanidine groups is 1. The van der Waals surface area contributed by atoms with E-state index in [9.17, 15) is 0 Å². The van der Waals surface area contributed by atoms with E-state index in [0.717, 1.165) is 27.1 Å². The van der Waals surface area contributed by atoms with Crippen molar-refractivity contribution in [3.63, 3.8) is 0 Å². The highest BCUT2D eigenvalue weighted by atomic mass is 79.9. The van der Waals surface area contributed by atoms with Crippen molar-refractivity contribution >= 4 is 27.5 Å². The topological polar surface area (TPSA) is 63.0 Å². The van der Waals surface area contributed by atoms with E-state index in [2.05, 4.69) is 36.5 Å². The summed E-state index contributed by atoms with van der Waals surface area (Å²) in [5.74, 6) is 1.57. The van der Waals surface area contributed by atoms with Crippen molar-refractivity contribution in [2.45, 2.75) is 13.1 Å². The minimum atomic E-state index is 0.588. The number of imidazole rings is 1. The van der Waals surface area contributed by atoms with Gasteiger partial charge in [-0.15, -0.1) is 0 Å². The van der Waals surface area contributed by atoms with Gasteiger partial charge in [-0.1, -0.05) is 18.2 Å². The zero-order valence-corrected chi connectivity index (χ0v) is 15.7. The molecule has 0 aliphatic rings. The molecule has 0 atom stereocenters. The maximum atomic E-state index is 5.37. The highest BCUT2D eigenvalue weighted by molar-refractivity contribution is 9.10. The van der Waals surface area contributed by atoms with Crippen LogP contribution in [0, 0.1) is 0 Å². The van der Waals surface area contributed by atoms with Crippen LogP contribution < -0.4 is 15.4 Å². The summed E-state index contributed by atoms with van der Waals surface area (Å²) in [7, 11) is 3.42. The molecule has 0 bridgehead atoms. The number of hydrogen-bond donors (Lipinski definition) is 2. The summed E-state index contributed by atoms with van der Waals surface area (Å²) in [6.07, 6.45) is 3.99. The van der Waals surface area contributed by atoms with Gasteiger partial charge in [-0.05, 0) is 34.1 Å². The molecule has 0 aliphatic carbocycles. The number of aromatic nitrogens is 2. The van der Waals surface area contributed by atoms with Crippen LogP contribution in [-0.2, 0) is 13.1 Å². The van der Waals surface area contributed by atoms with Gasteiger partial charge in [0, 0.05) is 36.0 Å². The molecule has 7 heteroatoms. The summed E-state index contributed by atoms with van der Waals surface area (Å²) >= 11 is 3.47. The van der Waals surface area contributed by atoms with E-state index in [-0.39, 0.29) is 0 Å². The smallest absolute Gasteiger partial charge is 0.191 e. The second-order valence-corrected chi connectivity index (χ2v) is 6.35. The Kier molecular flexibility index (Phi) is 5.55. The highest BCUT2D eigenvalue weighted by Crippen LogP contribution is 2.16. The van der Waals surface area contributed by atoms with E-state index in [0.29, 0.717) is 19.0 Å². The van der Waals surface area contributed by atoms with Gasteiger partial charge in [0.1, 0.15) is 11.4 Å². The highest BCUT2D eigenvalue weighted by Gasteiger charge is 2.05. The number of hydrogen-bond acceptors (Lipinski definition) is 3. The normalized spacial score (nSPS) is 11.6. The minimum absolute atomic E-state index is 0.588. The molecule has 3 rings (SSSR count). The number of rotatable bonds is 5. The monoisotopic (exact) mass is 401 g/mol. The number of para-hydroxylation sites is 1. The number of methoxy groups -OCH3 is 1. The van der Waals surface area contributed by atoms with Crippen molar-refractivity contribution in [1.82, 2.24) is 20.0 Å². The maximum Gasteiger partial charge on any atom is 0.191 e. The number of ether oxygens (including phenoxy) is 1. The minimum Gasteiger partial charge on any atom is -0.496 e. The standard InChI is InChI=1S/C18H20BrN5O/c1-20-18(21-9-13-5-3-4-6-16(13)25-2)22-10-15-12-24-11-14(19)7-8-17(24)23-15/h3-8,11-12H,9-10H2,1-2H3,(H2,20,21,22). The molecule has 0 aliphatic heterocycles. The molecule has 0 spiro atoms. The van der Waals surface area contributed by atoms with E-state index in [1.54, 1.807) is 14.2 Å². The molecular formula is C18H20BrN5O. The largest absolute Gasteiger partial charge is 0.496 e. The molecule has 0 saturated carbocycles. The van der Waals surface area contributed by atoms with Crippen LogP contribution in [0.25, 0.3) is 5.65 Å². The van der Waals surface area contributed by atoms with Gasteiger partial charge in [0.2, 0.25) is 0 Å². The van der Waals surface area contributed by atoms with Crippen molar-refractivity contribution in [3.8, 4) is 5.75 Å². The third-order valence-electron chi connectivity index (χ3n) is 3.76. The lowest BCUT2D eigenvalue weighted by molar-refractivity contribution is 0.409. The average molecular weight is 402 g/mol. The maximum absolute atomic E-state index is 5.37. The third kappa shape index (κ3) is 4.30. The fourth-order valence-corrected chi connectivity index (χ4v) is 2.88. The van der Waals surface area contributed by atoms with Crippen molar-refractivity contribution in [2.75, 3.05) is 14.2 Å². The summed E-state index contributed by atoms with van der Waals surface area (Å²) in [5.41, 5.74) is 2.93. The first-order chi connectivity index (χ1) is 12.2. The number of pyridine rings is 1. The van der Waals surface area contributed by atoms with Crippen LogP contribution in [0.1, 0.15) is 11.3 Å². The predicted molar refractivity (Wildman–Crippen MR) is 103 cm³/mol. The number of aliphatic imine (C=N–C) groups is 1. The first-order valence-electron chi connectivity index (χ1n) is 7.89. The summed E-state index contributed by atoms with van der Waals surface area (Å²) < 4.78 is 8.38. The van der Waals surface area contributed by atoms with Crippen molar-refractivity contribution in [1.29, 1.82) is 0 Å². The van der Waals surface area contributed by atoms with E-state index in [1.165, 1.54) is 0 Å². The van der Waals surface area contributed by atoms with E-state index >= 15 is 0 Å². The molecule has 2 aromatic heterocycles. The summed E-state index contributed by atoms with van der Waals surface area (Å²) in [4.78, 5) is 8.84. The van der Waals surface area contributed by atoms with Crippen LogP contribution in [0.3, 0.4) is 0 Å². The molecule has 130 valence electrons. The average Bonchev–Trinajstić information content (AvgIpc) is 3.04. The van der Waals surface area contributed by atoms with Crippen molar-refractivity contribution in [3.05, 3.63) is 64.5 Å². The Hall–Kier alpha value is -2.54. The Bertz CT molecular complexity index is 890. The number of benzene rings is 1. The second-order valence-electron chi connectivity index (χ2n) is 5.44. The Morgan fingerprint density at radius 3 is 2.76 bits per heavy atom. The van der Waals surface area contributed by atoms with Gasteiger partial charge in [0.15, 0.2) is 5.96 Å². The molecule has 2 N–H and O–H groups in total. The lowest BCUT2D eigenvalue weighted by atomic mass is 10.2. The molecular weight excluding hydrogens is 382 g/mol. The Morgan fingerprint density at radius 2 is 1.96 bits per heavy atom. The SMILES string of the molecule is CN=C(NCc1cn2cc(Br)ccc2n1)NCc1ccccc1OC. The van der Waals surface area contributed by atoms with Crippen LogP contribution in [-0.4, -0.2) is 29.5 Å². The third-order valence-corrected chi connectivity index (χ3v) is 4.23. The van der Waals surface area contributed by atoms with Gasteiger partial charge in [-0.3, -0.25) is 4.99 Å². The lowest BCUT2D eigenvalue weighted by Crippen LogP contribution is -2.36. The second kappa shape index (κ2) is 8.02. The Labute approximate surface area is 155 Å². The van der Waals surface area contributed by atoms with Crippen LogP contribution in [0.15, 0.2) is 58.3 Å². The molecule has 0 saturated heterocycles. The van der Waals surface area contributed by atoms with Crippen molar-refractivity contribution in [2.24, 2.45) is 4.99 Å². The zero-order chi connectivity index (χ0) is 17.6. The Morgan fingerprint density at radius 1 is 1.16 bits per heavy atom. The van der Waals surface area contributed by atoms with Crippen LogP contribution in [0.4, 0.5) is 0 Å². The first-order valence-corrected chi connectivity index (χ1v) is 8.68. The van der Waals surface area contributed by atoms with Crippen molar-refractivity contribution < 1.29 is 4.74 Å². The van der Waals surface area contributed by atoms with Gasteiger partial charge >= 0.3 is 0 Å². The summed E-state index contributed by atoms with van der Waals surface area (Å²) in [5, 5.41) is 6.57. The number of nitrogens with zero attached hydrogens (tertiary/aromatic N) is 3. The molecule has 25 heavy (non-hydrogen) atoms. The van der Waals surface area contributed by atoms with Crippen LogP contribution in [0.5, 0.6) is 5.75 Å². The molecule has 0 unspecified atom stereocenters. The fourth-order valence-electron chi connectivity index (χ4n) is 2.53. The van der Waals surface area contributed by atoms with Crippen LogP contribution >= 0.6 is 15.9 Å². The molecule has 0 radical (unpaired) electrons. The van der Waals surface area contributed by atoms with Gasteiger partial charge in [-0.2, -0.15) is 0 Å².